The Hall–Kier alpha value is -0.870. The van der Waals surface area contributed by atoms with Crippen LogP contribution in [0.4, 0.5) is 0 Å². The molecule has 0 aromatic heterocycles. The summed E-state index contributed by atoms with van der Waals surface area (Å²) in [5.41, 5.74) is 2.52. The van der Waals surface area contributed by atoms with Gasteiger partial charge in [0.15, 0.2) is 9.84 Å². The molecule has 0 amide bonds. The van der Waals surface area contributed by atoms with E-state index in [1.165, 1.54) is 11.1 Å². The fraction of sp³-hybridized carbons (Fsp3) is 0.571. The third-order valence-corrected chi connectivity index (χ3v) is 5.17. The normalized spacial score (nSPS) is 23.2. The van der Waals surface area contributed by atoms with Crippen LogP contribution < -0.4 is 5.32 Å². The number of benzene rings is 1. The Morgan fingerprint density at radius 1 is 1.28 bits per heavy atom. The molecule has 1 atom stereocenters. The molecule has 1 aliphatic rings. The number of rotatable bonds is 3. The summed E-state index contributed by atoms with van der Waals surface area (Å²) in [4.78, 5) is 0. The molecule has 1 aromatic carbocycles. The fourth-order valence-electron chi connectivity index (χ4n) is 2.32. The molecule has 3 nitrogen and oxygen atoms in total. The molecule has 2 rings (SSSR count). The minimum Gasteiger partial charge on any atom is -0.312 e. The van der Waals surface area contributed by atoms with Crippen molar-refractivity contribution in [2.45, 2.75) is 32.2 Å². The van der Waals surface area contributed by atoms with E-state index in [9.17, 15) is 8.42 Å². The first-order valence-corrected chi connectivity index (χ1v) is 8.31. The summed E-state index contributed by atoms with van der Waals surface area (Å²) in [6.45, 7) is 4.92. The van der Waals surface area contributed by atoms with Gasteiger partial charge in [-0.15, -0.1) is 0 Å². The quantitative estimate of drug-likeness (QED) is 0.907. The summed E-state index contributed by atoms with van der Waals surface area (Å²) in [5, 5.41) is 3.28. The molecule has 0 spiro atoms. The zero-order valence-electron chi connectivity index (χ0n) is 11.0. The van der Waals surface area contributed by atoms with Crippen molar-refractivity contribution in [3.05, 3.63) is 35.4 Å². The summed E-state index contributed by atoms with van der Waals surface area (Å²) in [6.07, 6.45) is 0.789. The molecule has 0 aliphatic carbocycles. The smallest absolute Gasteiger partial charge is 0.153 e. The van der Waals surface area contributed by atoms with E-state index in [0.717, 1.165) is 6.42 Å². The Labute approximate surface area is 110 Å². The Morgan fingerprint density at radius 3 is 2.50 bits per heavy atom. The number of sulfone groups is 1. The van der Waals surface area contributed by atoms with Gasteiger partial charge in [-0.1, -0.05) is 38.1 Å². The molecule has 1 heterocycles. The molecule has 4 heteroatoms. The number of nitrogens with one attached hydrogen (secondary N) is 1. The highest BCUT2D eigenvalue weighted by Gasteiger charge is 2.24. The van der Waals surface area contributed by atoms with Crippen molar-refractivity contribution in [3.63, 3.8) is 0 Å². The SMILES string of the molecule is CC(C)c1ccc(CC2CS(=O)(=O)CCN2)cc1. The van der Waals surface area contributed by atoms with Gasteiger partial charge in [0.05, 0.1) is 11.5 Å². The van der Waals surface area contributed by atoms with E-state index in [4.69, 9.17) is 0 Å². The summed E-state index contributed by atoms with van der Waals surface area (Å²) in [5.74, 6) is 1.07. The Kier molecular flexibility index (Phi) is 4.07. The third-order valence-electron chi connectivity index (χ3n) is 3.43. The second-order valence-electron chi connectivity index (χ2n) is 5.37. The molecular weight excluding hydrogens is 246 g/mol. The van der Waals surface area contributed by atoms with Crippen LogP contribution in [0.25, 0.3) is 0 Å². The average Bonchev–Trinajstić information content (AvgIpc) is 2.28. The van der Waals surface area contributed by atoms with Crippen LogP contribution in [0, 0.1) is 0 Å². The second-order valence-corrected chi connectivity index (χ2v) is 7.59. The minimum atomic E-state index is -2.84. The lowest BCUT2D eigenvalue weighted by Gasteiger charge is -2.23. The maximum Gasteiger partial charge on any atom is 0.153 e. The molecule has 18 heavy (non-hydrogen) atoms. The monoisotopic (exact) mass is 267 g/mol. The zero-order chi connectivity index (χ0) is 13.2. The lowest BCUT2D eigenvalue weighted by Crippen LogP contribution is -2.46. The van der Waals surface area contributed by atoms with Crippen molar-refractivity contribution < 1.29 is 8.42 Å². The van der Waals surface area contributed by atoms with E-state index in [-0.39, 0.29) is 17.5 Å². The molecule has 100 valence electrons. The van der Waals surface area contributed by atoms with Gasteiger partial charge >= 0.3 is 0 Å². The van der Waals surface area contributed by atoms with Crippen molar-refractivity contribution in [2.24, 2.45) is 0 Å². The van der Waals surface area contributed by atoms with Crippen molar-refractivity contribution in [3.8, 4) is 0 Å². The van der Waals surface area contributed by atoms with E-state index in [0.29, 0.717) is 12.5 Å². The molecule has 1 saturated heterocycles. The van der Waals surface area contributed by atoms with E-state index < -0.39 is 9.84 Å². The van der Waals surface area contributed by atoms with E-state index in [1.54, 1.807) is 0 Å². The summed E-state index contributed by atoms with van der Waals surface area (Å²) in [7, 11) is -2.84. The highest BCUT2D eigenvalue weighted by atomic mass is 32.2. The molecule has 1 N–H and O–H groups in total. The summed E-state index contributed by atoms with van der Waals surface area (Å²) >= 11 is 0. The molecule has 1 aromatic rings. The highest BCUT2D eigenvalue weighted by Crippen LogP contribution is 2.16. The Bertz CT molecular complexity index is 491. The molecule has 1 fully saturated rings. The van der Waals surface area contributed by atoms with Crippen LogP contribution in [-0.2, 0) is 16.3 Å². The van der Waals surface area contributed by atoms with Gasteiger partial charge < -0.3 is 5.32 Å². The maximum atomic E-state index is 11.6. The zero-order valence-corrected chi connectivity index (χ0v) is 11.8. The molecule has 0 radical (unpaired) electrons. The molecular formula is C14H21NO2S. The Morgan fingerprint density at radius 2 is 1.94 bits per heavy atom. The molecule has 0 bridgehead atoms. The van der Waals surface area contributed by atoms with Crippen LogP contribution in [0.2, 0.25) is 0 Å². The Balaban J connectivity index is 2.01. The predicted octanol–water partition coefficient (Wildman–Crippen LogP) is 1.74. The lowest BCUT2D eigenvalue weighted by atomic mass is 9.99. The molecule has 1 aliphatic heterocycles. The second kappa shape index (κ2) is 5.41. The van der Waals surface area contributed by atoms with Crippen molar-refractivity contribution in [1.29, 1.82) is 0 Å². The van der Waals surface area contributed by atoms with Crippen molar-refractivity contribution >= 4 is 9.84 Å². The van der Waals surface area contributed by atoms with Crippen LogP contribution in [0.3, 0.4) is 0 Å². The van der Waals surface area contributed by atoms with Gasteiger partial charge in [-0.25, -0.2) is 8.42 Å². The molecule has 1 unspecified atom stereocenters. The van der Waals surface area contributed by atoms with Gasteiger partial charge in [0, 0.05) is 12.6 Å². The summed E-state index contributed by atoms with van der Waals surface area (Å²) in [6, 6.07) is 8.55. The van der Waals surface area contributed by atoms with Crippen LogP contribution in [0.1, 0.15) is 30.9 Å². The predicted molar refractivity (Wildman–Crippen MR) is 74.7 cm³/mol. The van der Waals surface area contributed by atoms with Gasteiger partial charge in [0.25, 0.3) is 0 Å². The topological polar surface area (TPSA) is 46.2 Å². The maximum absolute atomic E-state index is 11.6. The van der Waals surface area contributed by atoms with Crippen molar-refractivity contribution in [2.75, 3.05) is 18.1 Å². The van der Waals surface area contributed by atoms with E-state index >= 15 is 0 Å². The largest absolute Gasteiger partial charge is 0.312 e. The van der Waals surface area contributed by atoms with Gasteiger partial charge in [-0.05, 0) is 23.5 Å². The fourth-order valence-corrected chi connectivity index (χ4v) is 3.77. The van der Waals surface area contributed by atoms with Gasteiger partial charge in [0.2, 0.25) is 0 Å². The first-order valence-electron chi connectivity index (χ1n) is 6.49. The van der Waals surface area contributed by atoms with Gasteiger partial charge in [-0.3, -0.25) is 0 Å². The third kappa shape index (κ3) is 3.56. The van der Waals surface area contributed by atoms with Gasteiger partial charge in [0.1, 0.15) is 0 Å². The first kappa shape index (κ1) is 13.6. The average molecular weight is 267 g/mol. The standard InChI is InChI=1S/C14H21NO2S/c1-11(2)13-5-3-12(4-6-13)9-14-10-18(16,17)8-7-15-14/h3-6,11,14-15H,7-10H2,1-2H3. The van der Waals surface area contributed by atoms with Crippen molar-refractivity contribution in [1.82, 2.24) is 5.32 Å². The highest BCUT2D eigenvalue weighted by molar-refractivity contribution is 7.91. The van der Waals surface area contributed by atoms with E-state index in [1.807, 2.05) is 0 Å². The molecule has 0 saturated carbocycles. The number of hydrogen-bond donors (Lipinski definition) is 1. The van der Waals surface area contributed by atoms with Crippen LogP contribution >= 0.6 is 0 Å². The van der Waals surface area contributed by atoms with Crippen LogP contribution in [0.15, 0.2) is 24.3 Å². The number of hydrogen-bond acceptors (Lipinski definition) is 3. The first-order chi connectivity index (χ1) is 8.46. The van der Waals surface area contributed by atoms with Crippen LogP contribution in [0.5, 0.6) is 0 Å². The summed E-state index contributed by atoms with van der Waals surface area (Å²) < 4.78 is 23.1. The van der Waals surface area contributed by atoms with E-state index in [2.05, 4.69) is 43.4 Å². The lowest BCUT2D eigenvalue weighted by molar-refractivity contribution is 0.515. The van der Waals surface area contributed by atoms with Gasteiger partial charge in [-0.2, -0.15) is 0 Å². The minimum absolute atomic E-state index is 0.0636. The van der Waals surface area contributed by atoms with Crippen LogP contribution in [-0.4, -0.2) is 32.5 Å².